The van der Waals surface area contributed by atoms with E-state index >= 15 is 0 Å². The lowest BCUT2D eigenvalue weighted by Crippen LogP contribution is -2.40. The first kappa shape index (κ1) is 15.6. The SMILES string of the molecule is CC(=O)N(Cc1noc(C)n1)C1CCN(Cc2ccccn2)C1. The van der Waals surface area contributed by atoms with E-state index in [-0.39, 0.29) is 11.9 Å². The number of aromatic nitrogens is 3. The summed E-state index contributed by atoms with van der Waals surface area (Å²) in [6, 6.07) is 6.12. The van der Waals surface area contributed by atoms with Gasteiger partial charge in [0.25, 0.3) is 0 Å². The molecule has 1 fully saturated rings. The van der Waals surface area contributed by atoms with Crippen LogP contribution < -0.4 is 0 Å². The van der Waals surface area contributed by atoms with Crippen LogP contribution in [0.3, 0.4) is 0 Å². The van der Waals surface area contributed by atoms with Gasteiger partial charge in [0.15, 0.2) is 5.82 Å². The van der Waals surface area contributed by atoms with Gasteiger partial charge < -0.3 is 9.42 Å². The molecule has 122 valence electrons. The second-order valence-corrected chi connectivity index (χ2v) is 5.88. The zero-order valence-corrected chi connectivity index (χ0v) is 13.5. The van der Waals surface area contributed by atoms with Gasteiger partial charge in [0.2, 0.25) is 11.8 Å². The maximum absolute atomic E-state index is 12.0. The minimum absolute atomic E-state index is 0.0390. The van der Waals surface area contributed by atoms with Gasteiger partial charge in [0.1, 0.15) is 0 Å². The highest BCUT2D eigenvalue weighted by molar-refractivity contribution is 5.73. The van der Waals surface area contributed by atoms with Crippen molar-refractivity contribution in [3.8, 4) is 0 Å². The smallest absolute Gasteiger partial charge is 0.223 e. The molecular formula is C16H21N5O2. The molecule has 0 aromatic carbocycles. The fourth-order valence-electron chi connectivity index (χ4n) is 2.99. The molecule has 1 saturated heterocycles. The zero-order chi connectivity index (χ0) is 16.2. The van der Waals surface area contributed by atoms with E-state index in [1.54, 1.807) is 13.8 Å². The Bertz CT molecular complexity index is 658. The first-order chi connectivity index (χ1) is 11.1. The van der Waals surface area contributed by atoms with Gasteiger partial charge in [0, 0.05) is 45.7 Å². The highest BCUT2D eigenvalue weighted by Gasteiger charge is 2.30. The van der Waals surface area contributed by atoms with Crippen molar-refractivity contribution in [2.24, 2.45) is 0 Å². The van der Waals surface area contributed by atoms with Crippen LogP contribution in [-0.2, 0) is 17.9 Å². The quantitative estimate of drug-likeness (QED) is 0.830. The molecule has 0 saturated carbocycles. The second-order valence-electron chi connectivity index (χ2n) is 5.88. The van der Waals surface area contributed by atoms with E-state index in [9.17, 15) is 4.79 Å². The first-order valence-electron chi connectivity index (χ1n) is 7.80. The molecular weight excluding hydrogens is 294 g/mol. The molecule has 0 radical (unpaired) electrons. The van der Waals surface area contributed by atoms with Crippen LogP contribution in [0.4, 0.5) is 0 Å². The lowest BCUT2D eigenvalue weighted by molar-refractivity contribution is -0.131. The number of amides is 1. The minimum Gasteiger partial charge on any atom is -0.340 e. The minimum atomic E-state index is 0.0390. The number of nitrogens with zero attached hydrogens (tertiary/aromatic N) is 5. The zero-order valence-electron chi connectivity index (χ0n) is 13.5. The summed E-state index contributed by atoms with van der Waals surface area (Å²) in [4.78, 5) is 24.7. The van der Waals surface area contributed by atoms with Crippen LogP contribution in [0.5, 0.6) is 0 Å². The number of hydrogen-bond acceptors (Lipinski definition) is 6. The summed E-state index contributed by atoms with van der Waals surface area (Å²) >= 11 is 0. The van der Waals surface area contributed by atoms with Crippen molar-refractivity contribution in [3.63, 3.8) is 0 Å². The molecule has 7 nitrogen and oxygen atoms in total. The monoisotopic (exact) mass is 315 g/mol. The summed E-state index contributed by atoms with van der Waals surface area (Å²) in [6.45, 7) is 6.34. The van der Waals surface area contributed by atoms with Gasteiger partial charge in [-0.3, -0.25) is 14.7 Å². The van der Waals surface area contributed by atoms with E-state index in [0.717, 1.165) is 31.7 Å². The van der Waals surface area contributed by atoms with Crippen LogP contribution in [-0.4, -0.2) is 50.0 Å². The maximum atomic E-state index is 12.0. The summed E-state index contributed by atoms with van der Waals surface area (Å²) < 4.78 is 4.99. The first-order valence-corrected chi connectivity index (χ1v) is 7.80. The number of rotatable bonds is 5. The van der Waals surface area contributed by atoms with E-state index in [4.69, 9.17) is 4.52 Å². The molecule has 1 aliphatic rings. The van der Waals surface area contributed by atoms with E-state index < -0.39 is 0 Å². The van der Waals surface area contributed by atoms with Gasteiger partial charge in [-0.1, -0.05) is 11.2 Å². The predicted molar refractivity (Wildman–Crippen MR) is 83.2 cm³/mol. The lowest BCUT2D eigenvalue weighted by atomic mass is 10.2. The summed E-state index contributed by atoms with van der Waals surface area (Å²) in [5, 5.41) is 3.89. The average Bonchev–Trinajstić information content (AvgIpc) is 3.15. The summed E-state index contributed by atoms with van der Waals surface area (Å²) in [7, 11) is 0. The Labute approximate surface area is 135 Å². The number of aryl methyl sites for hydroxylation is 1. The van der Waals surface area contributed by atoms with Gasteiger partial charge in [-0.2, -0.15) is 4.98 Å². The normalized spacial score (nSPS) is 18.3. The highest BCUT2D eigenvalue weighted by atomic mass is 16.5. The van der Waals surface area contributed by atoms with Crippen LogP contribution >= 0.6 is 0 Å². The van der Waals surface area contributed by atoms with E-state index in [0.29, 0.717) is 18.3 Å². The third kappa shape index (κ3) is 3.92. The average molecular weight is 315 g/mol. The molecule has 3 rings (SSSR count). The molecule has 1 atom stereocenters. The molecule has 7 heteroatoms. The van der Waals surface area contributed by atoms with Crippen molar-refractivity contribution in [1.82, 2.24) is 24.9 Å². The number of pyridine rings is 1. The van der Waals surface area contributed by atoms with Crippen molar-refractivity contribution in [1.29, 1.82) is 0 Å². The van der Waals surface area contributed by atoms with Crippen molar-refractivity contribution in [2.45, 2.75) is 39.4 Å². The molecule has 2 aromatic rings. The Morgan fingerprint density at radius 3 is 3.00 bits per heavy atom. The molecule has 3 heterocycles. The number of carbonyl (C=O) groups is 1. The predicted octanol–water partition coefficient (Wildman–Crippen LogP) is 1.40. The molecule has 0 bridgehead atoms. The van der Waals surface area contributed by atoms with E-state index in [1.807, 2.05) is 29.3 Å². The lowest BCUT2D eigenvalue weighted by Gasteiger charge is -2.27. The van der Waals surface area contributed by atoms with Gasteiger partial charge >= 0.3 is 0 Å². The Hall–Kier alpha value is -2.28. The maximum Gasteiger partial charge on any atom is 0.223 e. The molecule has 0 aliphatic carbocycles. The number of likely N-dealkylation sites (tertiary alicyclic amines) is 1. The third-order valence-electron chi connectivity index (χ3n) is 4.09. The van der Waals surface area contributed by atoms with Gasteiger partial charge in [-0.25, -0.2) is 0 Å². The second kappa shape index (κ2) is 6.87. The standard InChI is InChI=1S/C16H21N5O2/c1-12-18-16(19-23-12)11-21(13(2)22)15-6-8-20(10-15)9-14-5-3-4-7-17-14/h3-5,7,15H,6,8-11H2,1-2H3. The number of carbonyl (C=O) groups excluding carboxylic acids is 1. The van der Waals surface area contributed by atoms with Crippen LogP contribution in [0.1, 0.15) is 30.8 Å². The van der Waals surface area contributed by atoms with Gasteiger partial charge in [-0.15, -0.1) is 0 Å². The molecule has 23 heavy (non-hydrogen) atoms. The van der Waals surface area contributed by atoms with Crippen molar-refractivity contribution in [2.75, 3.05) is 13.1 Å². The van der Waals surface area contributed by atoms with E-state index in [1.165, 1.54) is 0 Å². The Kier molecular flexibility index (Phi) is 4.66. The van der Waals surface area contributed by atoms with E-state index in [2.05, 4.69) is 20.0 Å². The molecule has 0 N–H and O–H groups in total. The van der Waals surface area contributed by atoms with Crippen LogP contribution in [0.2, 0.25) is 0 Å². The molecule has 0 spiro atoms. The summed E-state index contributed by atoms with van der Waals surface area (Å²) in [6.07, 6.45) is 2.76. The molecule has 2 aromatic heterocycles. The van der Waals surface area contributed by atoms with Crippen molar-refractivity contribution >= 4 is 5.91 Å². The Balaban J connectivity index is 1.62. The molecule has 1 amide bonds. The fourth-order valence-corrected chi connectivity index (χ4v) is 2.99. The Morgan fingerprint density at radius 1 is 1.48 bits per heavy atom. The van der Waals surface area contributed by atoms with Crippen LogP contribution in [0, 0.1) is 6.92 Å². The summed E-state index contributed by atoms with van der Waals surface area (Å²) in [5.74, 6) is 1.12. The Morgan fingerprint density at radius 2 is 2.35 bits per heavy atom. The van der Waals surface area contributed by atoms with Gasteiger partial charge in [-0.05, 0) is 18.6 Å². The largest absolute Gasteiger partial charge is 0.340 e. The van der Waals surface area contributed by atoms with Crippen LogP contribution in [0.25, 0.3) is 0 Å². The molecule has 1 unspecified atom stereocenters. The fraction of sp³-hybridized carbons (Fsp3) is 0.500. The summed E-state index contributed by atoms with van der Waals surface area (Å²) in [5.41, 5.74) is 1.05. The highest BCUT2D eigenvalue weighted by Crippen LogP contribution is 2.19. The van der Waals surface area contributed by atoms with Crippen molar-refractivity contribution in [3.05, 3.63) is 41.8 Å². The molecule has 1 aliphatic heterocycles. The van der Waals surface area contributed by atoms with Crippen LogP contribution in [0.15, 0.2) is 28.9 Å². The van der Waals surface area contributed by atoms with Gasteiger partial charge in [0.05, 0.1) is 12.2 Å². The number of hydrogen-bond donors (Lipinski definition) is 0. The van der Waals surface area contributed by atoms with Crippen molar-refractivity contribution < 1.29 is 9.32 Å². The topological polar surface area (TPSA) is 75.4 Å². The third-order valence-corrected chi connectivity index (χ3v) is 4.09.